The third-order valence-electron chi connectivity index (χ3n) is 7.48. The molecule has 2 fully saturated rings. The molecule has 1 spiro atoms. The number of nitrogens with zero attached hydrogens (tertiary/aromatic N) is 1. The van der Waals surface area contributed by atoms with Crippen LogP contribution in [0.25, 0.3) is 0 Å². The number of esters is 2. The summed E-state index contributed by atoms with van der Waals surface area (Å²) in [5.41, 5.74) is 1.53. The Bertz CT molecular complexity index is 1430. The van der Waals surface area contributed by atoms with Gasteiger partial charge in [0, 0.05) is 21.8 Å². The lowest BCUT2D eigenvalue weighted by Gasteiger charge is -2.40. The van der Waals surface area contributed by atoms with Crippen LogP contribution in [-0.4, -0.2) is 29.0 Å². The number of anilines is 1. The number of Topliss-reactive ketones (excluding diaryl/α,β-unsaturated/α-hetero) is 2. The molecule has 2 saturated heterocycles. The zero-order valence-electron chi connectivity index (χ0n) is 18.9. The predicted octanol–water partition coefficient (Wildman–Crippen LogP) is 4.65. The van der Waals surface area contributed by atoms with Crippen LogP contribution >= 0.6 is 11.6 Å². The maximum Gasteiger partial charge on any atom is 0.320 e. The molecule has 2 heterocycles. The highest BCUT2D eigenvalue weighted by Gasteiger charge is 2.76. The summed E-state index contributed by atoms with van der Waals surface area (Å²) in [5.74, 6) is -4.87. The summed E-state index contributed by atoms with van der Waals surface area (Å²) in [6.07, 6.45) is 0. The number of hydrogen-bond acceptors (Lipinski definition) is 6. The minimum Gasteiger partial charge on any atom is -0.393 e. The van der Waals surface area contributed by atoms with Gasteiger partial charge in [0.15, 0.2) is 17.1 Å². The van der Waals surface area contributed by atoms with Gasteiger partial charge >= 0.3 is 11.9 Å². The van der Waals surface area contributed by atoms with Gasteiger partial charge in [0.1, 0.15) is 5.92 Å². The second-order valence-corrected chi connectivity index (χ2v) is 9.78. The second-order valence-electron chi connectivity index (χ2n) is 9.37. The molecule has 0 saturated carbocycles. The number of ketones is 2. The number of fused-ring (bicyclic) bond motifs is 3. The molecular weight excluding hydrogens is 466 g/mol. The molecule has 1 aliphatic carbocycles. The van der Waals surface area contributed by atoms with Gasteiger partial charge in [-0.15, -0.1) is 0 Å². The number of rotatable bonds is 2. The van der Waals surface area contributed by atoms with E-state index >= 15 is 0 Å². The summed E-state index contributed by atoms with van der Waals surface area (Å²) in [6.45, 7) is 3.76. The molecule has 7 heteroatoms. The van der Waals surface area contributed by atoms with Crippen LogP contribution in [0.2, 0.25) is 5.02 Å². The Labute approximate surface area is 206 Å². The van der Waals surface area contributed by atoms with Crippen molar-refractivity contribution in [3.63, 3.8) is 0 Å². The van der Waals surface area contributed by atoms with Crippen molar-refractivity contribution >= 4 is 40.8 Å². The van der Waals surface area contributed by atoms with Gasteiger partial charge in [-0.05, 0) is 43.2 Å². The fraction of sp³-hybridized carbons (Fsp3) is 0.214. The summed E-state index contributed by atoms with van der Waals surface area (Å²) in [5, 5.41) is 0.525. The highest BCUT2D eigenvalue weighted by molar-refractivity contribution is 6.37. The van der Waals surface area contributed by atoms with E-state index in [2.05, 4.69) is 0 Å². The third-order valence-corrected chi connectivity index (χ3v) is 7.91. The van der Waals surface area contributed by atoms with Crippen molar-refractivity contribution in [1.82, 2.24) is 0 Å². The van der Waals surface area contributed by atoms with Crippen LogP contribution in [0.5, 0.6) is 0 Å². The first-order valence-electron chi connectivity index (χ1n) is 11.3. The van der Waals surface area contributed by atoms with E-state index in [4.69, 9.17) is 16.3 Å². The molecule has 3 aromatic rings. The normalized spacial score (nSPS) is 24.2. The molecule has 3 atom stereocenters. The second kappa shape index (κ2) is 7.36. The van der Waals surface area contributed by atoms with Crippen molar-refractivity contribution in [1.29, 1.82) is 0 Å². The maximum atomic E-state index is 14.2. The van der Waals surface area contributed by atoms with E-state index in [0.29, 0.717) is 16.3 Å². The summed E-state index contributed by atoms with van der Waals surface area (Å²) in [6, 6.07) is 18.5. The van der Waals surface area contributed by atoms with Crippen LogP contribution in [0.1, 0.15) is 43.4 Å². The van der Waals surface area contributed by atoms with Crippen LogP contribution < -0.4 is 4.90 Å². The zero-order valence-corrected chi connectivity index (χ0v) is 19.7. The first kappa shape index (κ1) is 21.7. The zero-order chi connectivity index (χ0) is 24.6. The molecule has 6 rings (SSSR count). The molecule has 0 bridgehead atoms. The molecule has 3 aromatic carbocycles. The molecule has 35 heavy (non-hydrogen) atoms. The standard InChI is InChI=1S/C28H20ClNO5/c1-14-7-9-16(10-8-14)23-21-22(27(34)35-26(21)33)28(30(23)17-11-12-20(29)15(2)13-17)24(31)18-5-3-4-6-19(18)25(28)32/h3-13,21-23H,1-2H3/t21-,22+,23-/m1/s1. The SMILES string of the molecule is Cc1ccc([C@@H]2[C@@H]3C(=O)OC(=O)[C@H]3C3(C(=O)c4ccccc4C3=O)N2c2ccc(Cl)c(C)c2)cc1. The smallest absolute Gasteiger partial charge is 0.320 e. The number of benzene rings is 3. The fourth-order valence-electron chi connectivity index (χ4n) is 5.94. The van der Waals surface area contributed by atoms with Crippen molar-refractivity contribution < 1.29 is 23.9 Å². The first-order chi connectivity index (χ1) is 16.8. The predicted molar refractivity (Wildman–Crippen MR) is 129 cm³/mol. The van der Waals surface area contributed by atoms with E-state index < -0.39 is 46.9 Å². The lowest BCUT2D eigenvalue weighted by atomic mass is 9.76. The lowest BCUT2D eigenvalue weighted by Crippen LogP contribution is -2.59. The number of carbonyl (C=O) groups excluding carboxylic acids is 4. The highest BCUT2D eigenvalue weighted by Crippen LogP contribution is 2.60. The first-order valence-corrected chi connectivity index (χ1v) is 11.7. The Hall–Kier alpha value is -3.77. The minimum absolute atomic E-state index is 0.239. The molecule has 0 aromatic heterocycles. The molecule has 6 nitrogen and oxygen atoms in total. The largest absolute Gasteiger partial charge is 0.393 e. The quantitative estimate of drug-likeness (QED) is 0.388. The number of carbonyl (C=O) groups is 4. The lowest BCUT2D eigenvalue weighted by molar-refractivity contribution is -0.154. The van der Waals surface area contributed by atoms with Crippen LogP contribution in [0.15, 0.2) is 66.7 Å². The Kier molecular flexibility index (Phi) is 4.57. The molecule has 0 radical (unpaired) electrons. The minimum atomic E-state index is -1.94. The van der Waals surface area contributed by atoms with Crippen LogP contribution in [0.4, 0.5) is 5.69 Å². The van der Waals surface area contributed by atoms with Crippen LogP contribution in [-0.2, 0) is 14.3 Å². The van der Waals surface area contributed by atoms with E-state index in [9.17, 15) is 19.2 Å². The van der Waals surface area contributed by atoms with Crippen molar-refractivity contribution in [2.75, 3.05) is 4.90 Å². The van der Waals surface area contributed by atoms with E-state index in [0.717, 1.165) is 11.1 Å². The number of hydrogen-bond donors (Lipinski definition) is 0. The Morgan fingerprint density at radius 3 is 2.06 bits per heavy atom. The highest BCUT2D eigenvalue weighted by atomic mass is 35.5. The summed E-state index contributed by atoms with van der Waals surface area (Å²) >= 11 is 6.30. The topological polar surface area (TPSA) is 80.8 Å². The third kappa shape index (κ3) is 2.71. The van der Waals surface area contributed by atoms with Gasteiger partial charge in [-0.1, -0.05) is 65.7 Å². The summed E-state index contributed by atoms with van der Waals surface area (Å²) in [7, 11) is 0. The number of aryl methyl sites for hydroxylation is 2. The monoisotopic (exact) mass is 485 g/mol. The van der Waals surface area contributed by atoms with Gasteiger partial charge in [-0.2, -0.15) is 0 Å². The van der Waals surface area contributed by atoms with Crippen molar-refractivity contribution in [2.24, 2.45) is 11.8 Å². The van der Waals surface area contributed by atoms with Gasteiger partial charge < -0.3 is 9.64 Å². The molecule has 0 N–H and O–H groups in total. The Balaban J connectivity index is 1.69. The number of halogens is 1. The summed E-state index contributed by atoms with van der Waals surface area (Å²) < 4.78 is 5.08. The average molecular weight is 486 g/mol. The fourth-order valence-corrected chi connectivity index (χ4v) is 6.06. The van der Waals surface area contributed by atoms with Crippen molar-refractivity contribution in [2.45, 2.75) is 25.4 Å². The van der Waals surface area contributed by atoms with Crippen LogP contribution in [0.3, 0.4) is 0 Å². The Morgan fingerprint density at radius 2 is 1.46 bits per heavy atom. The van der Waals surface area contributed by atoms with E-state index in [1.807, 2.05) is 38.1 Å². The van der Waals surface area contributed by atoms with E-state index in [1.165, 1.54) is 0 Å². The molecule has 174 valence electrons. The van der Waals surface area contributed by atoms with Gasteiger partial charge in [0.25, 0.3) is 0 Å². The van der Waals surface area contributed by atoms with E-state index in [1.54, 1.807) is 47.4 Å². The summed E-state index contributed by atoms with van der Waals surface area (Å²) in [4.78, 5) is 56.4. The number of cyclic esters (lactones) is 2. The van der Waals surface area contributed by atoms with Crippen LogP contribution in [0, 0.1) is 25.7 Å². The van der Waals surface area contributed by atoms with Crippen molar-refractivity contribution in [3.8, 4) is 0 Å². The van der Waals surface area contributed by atoms with Gasteiger partial charge in [-0.25, -0.2) is 0 Å². The molecule has 3 aliphatic rings. The van der Waals surface area contributed by atoms with Gasteiger partial charge in [0.05, 0.1) is 12.0 Å². The number of ether oxygens (including phenoxy) is 1. The van der Waals surface area contributed by atoms with E-state index in [-0.39, 0.29) is 11.1 Å². The maximum absolute atomic E-state index is 14.2. The molecule has 0 amide bonds. The van der Waals surface area contributed by atoms with Gasteiger partial charge in [-0.3, -0.25) is 19.2 Å². The Morgan fingerprint density at radius 1 is 0.829 bits per heavy atom. The van der Waals surface area contributed by atoms with Gasteiger partial charge in [0.2, 0.25) is 0 Å². The molecule has 0 unspecified atom stereocenters. The molecule has 2 aliphatic heterocycles. The average Bonchev–Trinajstić information content (AvgIpc) is 3.40. The molecular formula is C28H20ClNO5. The van der Waals surface area contributed by atoms with Crippen molar-refractivity contribution in [3.05, 3.63) is 99.6 Å².